The molecule has 1 amide bonds. The first-order valence-corrected chi connectivity index (χ1v) is 11.3. The zero-order valence-corrected chi connectivity index (χ0v) is 17.7. The first kappa shape index (κ1) is 22.2. The van der Waals surface area contributed by atoms with E-state index in [0.29, 0.717) is 31.6 Å². The van der Waals surface area contributed by atoms with Crippen molar-refractivity contribution in [1.82, 2.24) is 9.62 Å². The van der Waals surface area contributed by atoms with Gasteiger partial charge in [-0.25, -0.2) is 13.2 Å². The monoisotopic (exact) mass is 435 g/mol. The first-order valence-electron chi connectivity index (χ1n) is 9.85. The summed E-state index contributed by atoms with van der Waals surface area (Å²) in [5, 5.41) is 12.0. The van der Waals surface area contributed by atoms with Crippen LogP contribution in [0.5, 0.6) is 0 Å². The fourth-order valence-electron chi connectivity index (χ4n) is 3.67. The Morgan fingerprint density at radius 3 is 2.57 bits per heavy atom. The quantitative estimate of drug-likeness (QED) is 0.664. The summed E-state index contributed by atoms with van der Waals surface area (Å²) < 4.78 is 37.2. The Hall–Kier alpha value is -2.48. The number of ether oxygens (including phenoxy) is 2. The van der Waals surface area contributed by atoms with Crippen molar-refractivity contribution < 1.29 is 27.5 Å². The Morgan fingerprint density at radius 1 is 1.27 bits per heavy atom. The van der Waals surface area contributed by atoms with Crippen LogP contribution in [0.25, 0.3) is 0 Å². The van der Waals surface area contributed by atoms with Gasteiger partial charge < -0.3 is 14.8 Å². The molecule has 162 valence electrons. The van der Waals surface area contributed by atoms with Gasteiger partial charge in [-0.2, -0.15) is 9.57 Å². The van der Waals surface area contributed by atoms with Crippen molar-refractivity contribution in [3.8, 4) is 6.07 Å². The van der Waals surface area contributed by atoms with Crippen molar-refractivity contribution in [3.63, 3.8) is 0 Å². The summed E-state index contributed by atoms with van der Waals surface area (Å²) in [6, 6.07) is 6.39. The maximum Gasteiger partial charge on any atom is 0.338 e. The maximum atomic E-state index is 12.8. The highest BCUT2D eigenvalue weighted by Crippen LogP contribution is 2.28. The Bertz CT molecular complexity index is 957. The van der Waals surface area contributed by atoms with Crippen molar-refractivity contribution in [2.24, 2.45) is 0 Å². The highest BCUT2D eigenvalue weighted by atomic mass is 32.2. The number of amides is 1. The minimum Gasteiger partial charge on any atom is -0.452 e. The average molecular weight is 436 g/mol. The number of esters is 1. The van der Waals surface area contributed by atoms with Crippen LogP contribution in [0.1, 0.15) is 41.6 Å². The molecular weight excluding hydrogens is 410 g/mol. The van der Waals surface area contributed by atoms with Gasteiger partial charge in [0, 0.05) is 13.1 Å². The lowest BCUT2D eigenvalue weighted by atomic mass is 10.00. The first-order chi connectivity index (χ1) is 14.3. The minimum absolute atomic E-state index is 0.0132. The maximum absolute atomic E-state index is 12.8. The van der Waals surface area contributed by atoms with Gasteiger partial charge in [-0.1, -0.05) is 6.07 Å². The Morgan fingerprint density at radius 2 is 1.93 bits per heavy atom. The van der Waals surface area contributed by atoms with E-state index in [2.05, 4.69) is 11.4 Å². The van der Waals surface area contributed by atoms with E-state index in [1.54, 1.807) is 6.92 Å². The van der Waals surface area contributed by atoms with Crippen LogP contribution in [-0.2, 0) is 24.3 Å². The van der Waals surface area contributed by atoms with Crippen LogP contribution in [0.2, 0.25) is 0 Å². The van der Waals surface area contributed by atoms with Crippen LogP contribution in [0.15, 0.2) is 23.1 Å². The number of carbonyl (C=O) groups excluding carboxylic acids is 2. The molecule has 2 aliphatic rings. The van der Waals surface area contributed by atoms with Gasteiger partial charge in [0.25, 0.3) is 5.91 Å². The second-order valence-corrected chi connectivity index (χ2v) is 9.46. The molecule has 10 heteroatoms. The third kappa shape index (κ3) is 4.80. The number of hydrogen-bond donors (Lipinski definition) is 1. The van der Waals surface area contributed by atoms with Crippen LogP contribution in [0.3, 0.4) is 0 Å². The normalized spacial score (nSPS) is 19.1. The van der Waals surface area contributed by atoms with E-state index in [1.165, 1.54) is 22.5 Å². The van der Waals surface area contributed by atoms with Crippen LogP contribution < -0.4 is 5.32 Å². The summed E-state index contributed by atoms with van der Waals surface area (Å²) in [6.07, 6.45) is 2.86. The zero-order valence-electron chi connectivity index (χ0n) is 16.8. The van der Waals surface area contributed by atoms with Gasteiger partial charge in [0.05, 0.1) is 29.7 Å². The standard InChI is InChI=1S/C20H25N3O6S/c1-15-4-5-16(30(26,27)23-8-10-28-11-9-23)12-17(15)19(25)29-13-18(24)22-20(14-21)6-2-3-7-20/h4-5,12H,2-3,6-11,13H2,1H3,(H,22,24). The number of rotatable bonds is 6. The van der Waals surface area contributed by atoms with Gasteiger partial charge in [-0.05, 0) is 50.3 Å². The molecule has 0 bridgehead atoms. The molecule has 0 aromatic heterocycles. The van der Waals surface area contributed by atoms with Crippen LogP contribution in [0.4, 0.5) is 0 Å². The molecule has 1 aliphatic heterocycles. The summed E-state index contributed by atoms with van der Waals surface area (Å²) >= 11 is 0. The minimum atomic E-state index is -3.76. The SMILES string of the molecule is Cc1ccc(S(=O)(=O)N2CCOCC2)cc1C(=O)OCC(=O)NC1(C#N)CCCC1. The molecule has 0 unspecified atom stereocenters. The molecule has 1 heterocycles. The van der Waals surface area contributed by atoms with E-state index in [-0.39, 0.29) is 23.5 Å². The van der Waals surface area contributed by atoms with Crippen molar-refractivity contribution in [3.05, 3.63) is 29.3 Å². The van der Waals surface area contributed by atoms with Gasteiger partial charge in [0.1, 0.15) is 5.54 Å². The summed E-state index contributed by atoms with van der Waals surface area (Å²) in [7, 11) is -3.76. The second kappa shape index (κ2) is 9.12. The van der Waals surface area contributed by atoms with Crippen molar-refractivity contribution in [2.75, 3.05) is 32.9 Å². The van der Waals surface area contributed by atoms with E-state index in [1.807, 2.05) is 0 Å². The molecule has 1 saturated carbocycles. The molecule has 1 aliphatic carbocycles. The van der Waals surface area contributed by atoms with Crippen molar-refractivity contribution in [2.45, 2.75) is 43.0 Å². The molecule has 30 heavy (non-hydrogen) atoms. The molecule has 2 fully saturated rings. The van der Waals surface area contributed by atoms with E-state index >= 15 is 0 Å². The number of hydrogen-bond acceptors (Lipinski definition) is 7. The van der Waals surface area contributed by atoms with E-state index in [0.717, 1.165) is 12.8 Å². The molecule has 9 nitrogen and oxygen atoms in total. The summed E-state index contributed by atoms with van der Waals surface area (Å²) in [5.74, 6) is -1.35. The number of benzene rings is 1. The fourth-order valence-corrected chi connectivity index (χ4v) is 5.11. The van der Waals surface area contributed by atoms with Gasteiger partial charge in [-0.15, -0.1) is 0 Å². The lowest BCUT2D eigenvalue weighted by Gasteiger charge is -2.26. The Labute approximate surface area is 176 Å². The van der Waals surface area contributed by atoms with Crippen molar-refractivity contribution in [1.29, 1.82) is 5.26 Å². The zero-order chi connectivity index (χ0) is 21.8. The molecule has 0 spiro atoms. The largest absolute Gasteiger partial charge is 0.452 e. The van der Waals surface area contributed by atoms with Crippen molar-refractivity contribution >= 4 is 21.9 Å². The third-order valence-electron chi connectivity index (χ3n) is 5.42. The van der Waals surface area contributed by atoms with E-state index in [4.69, 9.17) is 9.47 Å². The van der Waals surface area contributed by atoms with Gasteiger partial charge in [0.15, 0.2) is 6.61 Å². The number of nitriles is 1. The molecule has 1 aromatic carbocycles. The number of sulfonamides is 1. The number of aryl methyl sites for hydroxylation is 1. The second-order valence-electron chi connectivity index (χ2n) is 7.52. The summed E-state index contributed by atoms with van der Waals surface area (Å²) in [5.41, 5.74) is -0.287. The highest BCUT2D eigenvalue weighted by molar-refractivity contribution is 7.89. The van der Waals surface area contributed by atoms with E-state index < -0.39 is 34.0 Å². The molecule has 0 radical (unpaired) electrons. The van der Waals surface area contributed by atoms with Crippen LogP contribution in [-0.4, -0.2) is 63.0 Å². The molecule has 0 atom stereocenters. The molecule has 1 saturated heterocycles. The topological polar surface area (TPSA) is 126 Å². The Kier molecular flexibility index (Phi) is 6.75. The Balaban J connectivity index is 1.68. The average Bonchev–Trinajstić information content (AvgIpc) is 3.21. The summed E-state index contributed by atoms with van der Waals surface area (Å²) in [4.78, 5) is 24.7. The predicted octanol–water partition coefficient (Wildman–Crippen LogP) is 1.13. The highest BCUT2D eigenvalue weighted by Gasteiger charge is 2.35. The van der Waals surface area contributed by atoms with Gasteiger partial charge >= 0.3 is 5.97 Å². The predicted molar refractivity (Wildman–Crippen MR) is 106 cm³/mol. The van der Waals surface area contributed by atoms with Crippen LogP contribution in [0, 0.1) is 18.3 Å². The number of carbonyl (C=O) groups is 2. The lowest BCUT2D eigenvalue weighted by Crippen LogP contribution is -2.46. The van der Waals surface area contributed by atoms with Gasteiger partial charge in [0.2, 0.25) is 10.0 Å². The third-order valence-corrected chi connectivity index (χ3v) is 7.32. The molecule has 1 N–H and O–H groups in total. The molecule has 3 rings (SSSR count). The lowest BCUT2D eigenvalue weighted by molar-refractivity contribution is -0.125. The molecular formula is C20H25N3O6S. The molecule has 1 aromatic rings. The fraction of sp³-hybridized carbons (Fsp3) is 0.550. The number of nitrogens with one attached hydrogen (secondary N) is 1. The van der Waals surface area contributed by atoms with Crippen LogP contribution >= 0.6 is 0 Å². The van der Waals surface area contributed by atoms with Gasteiger partial charge in [-0.3, -0.25) is 4.79 Å². The van der Waals surface area contributed by atoms with E-state index in [9.17, 15) is 23.3 Å². The summed E-state index contributed by atoms with van der Waals surface area (Å²) in [6.45, 7) is 2.25. The number of nitrogens with zero attached hydrogens (tertiary/aromatic N) is 2. The number of morpholine rings is 1. The smallest absolute Gasteiger partial charge is 0.338 e.